The molecule has 0 unspecified atom stereocenters. The van der Waals surface area contributed by atoms with Gasteiger partial charge in [-0.2, -0.15) is 4.98 Å². The third-order valence-corrected chi connectivity index (χ3v) is 4.02. The average Bonchev–Trinajstić information content (AvgIpc) is 3.29. The van der Waals surface area contributed by atoms with E-state index in [0.29, 0.717) is 16.4 Å². The van der Waals surface area contributed by atoms with Gasteiger partial charge in [-0.3, -0.25) is 0 Å². The predicted molar refractivity (Wildman–Crippen MR) is 94.8 cm³/mol. The van der Waals surface area contributed by atoms with Crippen LogP contribution in [0.4, 0.5) is 0 Å². The van der Waals surface area contributed by atoms with E-state index in [-0.39, 0.29) is 11.7 Å². The molecule has 2 heterocycles. The number of rotatable bonds is 4. The van der Waals surface area contributed by atoms with E-state index in [9.17, 15) is 4.79 Å². The molecule has 0 aliphatic carbocycles. The van der Waals surface area contributed by atoms with Crippen molar-refractivity contribution in [2.24, 2.45) is 0 Å². The molecule has 7 heteroatoms. The number of hydrogen-bond acceptors (Lipinski definition) is 6. The molecule has 2 aromatic heterocycles. The molecule has 0 aliphatic heterocycles. The molecule has 0 radical (unpaired) electrons. The second-order valence-corrected chi connectivity index (χ2v) is 6.10. The first-order valence-electron chi connectivity index (χ1n) is 7.89. The average molecular weight is 369 g/mol. The number of esters is 1. The maximum atomic E-state index is 12.3. The van der Waals surface area contributed by atoms with Crippen molar-refractivity contribution in [3.8, 4) is 11.4 Å². The van der Waals surface area contributed by atoms with Gasteiger partial charge < -0.3 is 13.7 Å². The van der Waals surface area contributed by atoms with E-state index < -0.39 is 12.1 Å². The van der Waals surface area contributed by atoms with Crippen LogP contribution in [0, 0.1) is 0 Å². The monoisotopic (exact) mass is 368 g/mol. The highest BCUT2D eigenvalue weighted by Crippen LogP contribution is 2.26. The maximum Gasteiger partial charge on any atom is 0.375 e. The highest BCUT2D eigenvalue weighted by atomic mass is 35.5. The molecule has 6 nitrogen and oxygen atoms in total. The Morgan fingerprint density at radius 3 is 2.77 bits per heavy atom. The predicted octanol–water partition coefficient (Wildman–Crippen LogP) is 5.05. The third kappa shape index (κ3) is 3.19. The zero-order valence-corrected chi connectivity index (χ0v) is 14.4. The zero-order valence-electron chi connectivity index (χ0n) is 13.7. The fourth-order valence-electron chi connectivity index (χ4n) is 2.49. The Morgan fingerprint density at radius 2 is 1.96 bits per heavy atom. The molecule has 0 aliphatic rings. The summed E-state index contributed by atoms with van der Waals surface area (Å²) in [7, 11) is 0. The van der Waals surface area contributed by atoms with Crippen molar-refractivity contribution in [3.05, 3.63) is 71.3 Å². The summed E-state index contributed by atoms with van der Waals surface area (Å²) < 4.78 is 16.1. The number of hydrogen-bond donors (Lipinski definition) is 0. The van der Waals surface area contributed by atoms with Gasteiger partial charge in [0.25, 0.3) is 5.89 Å². The van der Waals surface area contributed by atoms with Gasteiger partial charge in [-0.15, -0.1) is 0 Å². The van der Waals surface area contributed by atoms with Gasteiger partial charge in [0.1, 0.15) is 5.58 Å². The lowest BCUT2D eigenvalue weighted by Gasteiger charge is -2.06. The van der Waals surface area contributed by atoms with Crippen LogP contribution in [0.1, 0.15) is 29.5 Å². The summed E-state index contributed by atoms with van der Waals surface area (Å²) in [6, 6.07) is 16.1. The minimum atomic E-state index is -0.718. The standard InChI is InChI=1S/C19H13ClN2O4/c1-11(18-21-17(22-26-18)12-5-3-2-4-6-12)24-19(23)16-10-13-9-14(20)7-8-15(13)25-16/h2-11H,1H3/t11-/m1/s1. The molecular weight excluding hydrogens is 356 g/mol. The molecule has 0 amide bonds. The van der Waals surface area contributed by atoms with Crippen molar-refractivity contribution >= 4 is 28.5 Å². The fourth-order valence-corrected chi connectivity index (χ4v) is 2.67. The fraction of sp³-hybridized carbons (Fsp3) is 0.105. The van der Waals surface area contributed by atoms with Crippen molar-refractivity contribution in [2.45, 2.75) is 13.0 Å². The number of ether oxygens (including phenoxy) is 1. The molecule has 0 saturated carbocycles. The first-order valence-corrected chi connectivity index (χ1v) is 8.27. The van der Waals surface area contributed by atoms with Crippen LogP contribution < -0.4 is 0 Å². The Labute approximate surface area is 153 Å². The number of carbonyl (C=O) groups is 1. The minimum absolute atomic E-state index is 0.0805. The lowest BCUT2D eigenvalue weighted by Crippen LogP contribution is -2.08. The number of benzene rings is 2. The first-order chi connectivity index (χ1) is 12.6. The SMILES string of the molecule is C[C@@H](OC(=O)c1cc2cc(Cl)ccc2o1)c1nc(-c2ccccc2)no1. The molecule has 26 heavy (non-hydrogen) atoms. The van der Waals surface area contributed by atoms with Gasteiger partial charge in [0.15, 0.2) is 6.10 Å². The van der Waals surface area contributed by atoms with Gasteiger partial charge in [0.2, 0.25) is 11.6 Å². The molecule has 0 bridgehead atoms. The third-order valence-electron chi connectivity index (χ3n) is 3.78. The van der Waals surface area contributed by atoms with Crippen molar-refractivity contribution in [1.82, 2.24) is 10.1 Å². The maximum absolute atomic E-state index is 12.3. The van der Waals surface area contributed by atoms with E-state index in [1.807, 2.05) is 30.3 Å². The molecule has 4 rings (SSSR count). The molecular formula is C19H13ClN2O4. The summed E-state index contributed by atoms with van der Waals surface area (Å²) in [5, 5.41) is 5.20. The molecule has 0 saturated heterocycles. The van der Waals surface area contributed by atoms with Gasteiger partial charge in [0.05, 0.1) is 0 Å². The molecule has 1 atom stereocenters. The van der Waals surface area contributed by atoms with Gasteiger partial charge in [0, 0.05) is 16.0 Å². The number of nitrogens with zero attached hydrogens (tertiary/aromatic N) is 2. The Morgan fingerprint density at radius 1 is 1.15 bits per heavy atom. The Balaban J connectivity index is 1.51. The molecule has 0 fully saturated rings. The van der Waals surface area contributed by atoms with Crippen LogP contribution in [0.3, 0.4) is 0 Å². The van der Waals surface area contributed by atoms with E-state index >= 15 is 0 Å². The van der Waals surface area contributed by atoms with Gasteiger partial charge in [-0.25, -0.2) is 4.79 Å². The smallest absolute Gasteiger partial charge is 0.375 e. The number of halogens is 1. The van der Waals surface area contributed by atoms with E-state index in [1.165, 1.54) is 0 Å². The first kappa shape index (κ1) is 16.4. The summed E-state index contributed by atoms with van der Waals surface area (Å²) in [5.41, 5.74) is 1.37. The number of carbonyl (C=O) groups excluding carboxylic acids is 1. The van der Waals surface area contributed by atoms with Gasteiger partial charge in [-0.1, -0.05) is 47.1 Å². The topological polar surface area (TPSA) is 78.4 Å². The van der Waals surface area contributed by atoms with Crippen LogP contribution in [-0.4, -0.2) is 16.1 Å². The lowest BCUT2D eigenvalue weighted by molar-refractivity contribution is 0.0233. The number of furan rings is 1. The normalized spacial score (nSPS) is 12.2. The molecule has 0 N–H and O–H groups in total. The Kier molecular flexibility index (Phi) is 4.18. The number of fused-ring (bicyclic) bond motifs is 1. The highest BCUT2D eigenvalue weighted by Gasteiger charge is 2.22. The second-order valence-electron chi connectivity index (χ2n) is 5.66. The van der Waals surface area contributed by atoms with Gasteiger partial charge >= 0.3 is 5.97 Å². The van der Waals surface area contributed by atoms with Crippen LogP contribution in [0.2, 0.25) is 5.02 Å². The van der Waals surface area contributed by atoms with E-state index in [2.05, 4.69) is 10.1 Å². The Hall–Kier alpha value is -3.12. The summed E-state index contributed by atoms with van der Waals surface area (Å²) in [4.78, 5) is 16.6. The highest BCUT2D eigenvalue weighted by molar-refractivity contribution is 6.31. The summed E-state index contributed by atoms with van der Waals surface area (Å²) in [6.45, 7) is 1.65. The van der Waals surface area contributed by atoms with Crippen molar-refractivity contribution in [1.29, 1.82) is 0 Å². The van der Waals surface area contributed by atoms with Crippen LogP contribution in [0.5, 0.6) is 0 Å². The van der Waals surface area contributed by atoms with Crippen molar-refractivity contribution in [2.75, 3.05) is 0 Å². The second kappa shape index (κ2) is 6.65. The summed E-state index contributed by atoms with van der Waals surface area (Å²) in [5.74, 6) is 0.0967. The zero-order chi connectivity index (χ0) is 18.1. The van der Waals surface area contributed by atoms with Gasteiger partial charge in [-0.05, 0) is 31.2 Å². The molecule has 4 aromatic rings. The van der Waals surface area contributed by atoms with Crippen LogP contribution in [0.15, 0.2) is 63.5 Å². The molecule has 130 valence electrons. The van der Waals surface area contributed by atoms with Crippen LogP contribution in [0.25, 0.3) is 22.4 Å². The summed E-state index contributed by atoms with van der Waals surface area (Å²) >= 11 is 5.94. The quantitative estimate of drug-likeness (QED) is 0.469. The van der Waals surface area contributed by atoms with E-state index in [4.69, 9.17) is 25.3 Å². The molecule has 2 aromatic carbocycles. The van der Waals surface area contributed by atoms with E-state index in [1.54, 1.807) is 31.2 Å². The summed E-state index contributed by atoms with van der Waals surface area (Å²) in [6.07, 6.45) is -0.718. The van der Waals surface area contributed by atoms with Crippen molar-refractivity contribution < 1.29 is 18.5 Å². The Bertz CT molecular complexity index is 1070. The molecule has 0 spiro atoms. The lowest BCUT2D eigenvalue weighted by atomic mass is 10.2. The van der Waals surface area contributed by atoms with E-state index in [0.717, 1.165) is 10.9 Å². The number of aromatic nitrogens is 2. The minimum Gasteiger partial charge on any atom is -0.449 e. The largest absolute Gasteiger partial charge is 0.449 e. The van der Waals surface area contributed by atoms with Crippen LogP contribution >= 0.6 is 11.6 Å². The van der Waals surface area contributed by atoms with Crippen molar-refractivity contribution in [3.63, 3.8) is 0 Å². The van der Waals surface area contributed by atoms with Crippen LogP contribution in [-0.2, 0) is 4.74 Å².